The minimum absolute atomic E-state index is 0.109. The zero-order valence-electron chi connectivity index (χ0n) is 21.4. The van der Waals surface area contributed by atoms with Gasteiger partial charge in [0.15, 0.2) is 0 Å². The van der Waals surface area contributed by atoms with Gasteiger partial charge in [0.05, 0.1) is 0 Å². The molecule has 0 saturated heterocycles. The summed E-state index contributed by atoms with van der Waals surface area (Å²) in [6.07, 6.45) is 5.19. The molecule has 176 valence electrons. The molecule has 0 atom stereocenters. The SMILES string of the molecule is CCCCc1cc(C(C)(C)C)c(OC(=O)CCc2ccc(O)c(C(C)(C)CC)c2)cc1C. The third-order valence-corrected chi connectivity index (χ3v) is 6.56. The largest absolute Gasteiger partial charge is 0.508 e. The van der Waals surface area contributed by atoms with Gasteiger partial charge in [-0.3, -0.25) is 4.79 Å². The first-order valence-corrected chi connectivity index (χ1v) is 12.1. The molecule has 3 nitrogen and oxygen atoms in total. The van der Waals surface area contributed by atoms with Crippen molar-refractivity contribution in [3.05, 3.63) is 58.1 Å². The molecular formula is C29H42O3. The van der Waals surface area contributed by atoms with E-state index >= 15 is 0 Å². The van der Waals surface area contributed by atoms with E-state index < -0.39 is 0 Å². The minimum atomic E-state index is -0.222. The summed E-state index contributed by atoms with van der Waals surface area (Å²) in [4.78, 5) is 12.8. The molecule has 0 aliphatic heterocycles. The third-order valence-electron chi connectivity index (χ3n) is 6.56. The van der Waals surface area contributed by atoms with Gasteiger partial charge in [0, 0.05) is 12.0 Å². The van der Waals surface area contributed by atoms with Gasteiger partial charge >= 0.3 is 5.97 Å². The summed E-state index contributed by atoms with van der Waals surface area (Å²) in [7, 11) is 0. The highest BCUT2D eigenvalue weighted by Crippen LogP contribution is 2.36. The zero-order valence-corrected chi connectivity index (χ0v) is 21.4. The molecule has 0 aliphatic carbocycles. The van der Waals surface area contributed by atoms with Gasteiger partial charge in [0.2, 0.25) is 0 Å². The van der Waals surface area contributed by atoms with Crippen LogP contribution in [0.5, 0.6) is 11.5 Å². The summed E-state index contributed by atoms with van der Waals surface area (Å²) in [6, 6.07) is 9.92. The molecule has 0 aliphatic rings. The van der Waals surface area contributed by atoms with Crippen LogP contribution >= 0.6 is 0 Å². The number of unbranched alkanes of at least 4 members (excludes halogenated alkanes) is 1. The monoisotopic (exact) mass is 438 g/mol. The average molecular weight is 439 g/mol. The summed E-state index contributed by atoms with van der Waals surface area (Å²) in [5, 5.41) is 10.3. The summed E-state index contributed by atoms with van der Waals surface area (Å²) in [5.41, 5.74) is 5.35. The number of esters is 1. The molecule has 3 heteroatoms. The van der Waals surface area contributed by atoms with Crippen molar-refractivity contribution >= 4 is 5.97 Å². The fraction of sp³-hybridized carbons (Fsp3) is 0.552. The Morgan fingerprint density at radius 1 is 0.969 bits per heavy atom. The highest BCUT2D eigenvalue weighted by Gasteiger charge is 2.24. The molecule has 0 amide bonds. The molecule has 2 aromatic carbocycles. The number of aromatic hydroxyl groups is 1. The number of carbonyl (C=O) groups excluding carboxylic acids is 1. The number of rotatable bonds is 9. The highest BCUT2D eigenvalue weighted by atomic mass is 16.5. The number of phenols is 1. The molecule has 0 saturated carbocycles. The van der Waals surface area contributed by atoms with Gasteiger partial charge in [-0.15, -0.1) is 0 Å². The van der Waals surface area contributed by atoms with Crippen LogP contribution in [0.2, 0.25) is 0 Å². The number of phenolic OH excluding ortho intramolecular Hbond substituents is 1. The standard InChI is InChI=1S/C29H42O3/c1-9-11-12-22-19-24(28(4,5)6)26(17-20(22)3)32-27(31)16-14-21-13-15-25(30)23(18-21)29(7,8)10-2/h13,15,17-19,30H,9-12,14,16H2,1-8H3. The molecule has 0 radical (unpaired) electrons. The van der Waals surface area contributed by atoms with E-state index in [1.54, 1.807) is 6.07 Å². The molecule has 0 fully saturated rings. The Morgan fingerprint density at radius 2 is 1.66 bits per heavy atom. The van der Waals surface area contributed by atoms with Gasteiger partial charge in [-0.05, 0) is 77.8 Å². The van der Waals surface area contributed by atoms with Gasteiger partial charge in [0.1, 0.15) is 11.5 Å². The lowest BCUT2D eigenvalue weighted by molar-refractivity contribution is -0.134. The first kappa shape index (κ1) is 26.0. The van der Waals surface area contributed by atoms with E-state index in [1.807, 2.05) is 18.2 Å². The van der Waals surface area contributed by atoms with Crippen molar-refractivity contribution in [1.29, 1.82) is 0 Å². The molecular weight excluding hydrogens is 396 g/mol. The Hall–Kier alpha value is -2.29. The summed E-state index contributed by atoms with van der Waals surface area (Å²) in [6.45, 7) is 17.1. The van der Waals surface area contributed by atoms with Crippen molar-refractivity contribution in [2.75, 3.05) is 0 Å². The molecule has 0 heterocycles. The first-order chi connectivity index (χ1) is 14.9. The van der Waals surface area contributed by atoms with Crippen LogP contribution in [-0.2, 0) is 28.5 Å². The van der Waals surface area contributed by atoms with E-state index in [4.69, 9.17) is 4.74 Å². The van der Waals surface area contributed by atoms with E-state index in [9.17, 15) is 9.90 Å². The van der Waals surface area contributed by atoms with E-state index in [2.05, 4.69) is 61.5 Å². The van der Waals surface area contributed by atoms with Gasteiger partial charge < -0.3 is 9.84 Å². The summed E-state index contributed by atoms with van der Waals surface area (Å²) in [5.74, 6) is 0.774. The predicted octanol–water partition coefficient (Wildman–Crippen LogP) is 7.57. The van der Waals surface area contributed by atoms with Gasteiger partial charge in [-0.25, -0.2) is 0 Å². The molecule has 0 aromatic heterocycles. The molecule has 0 spiro atoms. The molecule has 1 N–H and O–H groups in total. The van der Waals surface area contributed by atoms with Crippen LogP contribution in [0.15, 0.2) is 30.3 Å². The maximum atomic E-state index is 12.8. The molecule has 2 aromatic rings. The maximum absolute atomic E-state index is 12.8. The predicted molar refractivity (Wildman–Crippen MR) is 134 cm³/mol. The van der Waals surface area contributed by atoms with Crippen molar-refractivity contribution < 1.29 is 14.6 Å². The van der Waals surface area contributed by atoms with E-state index in [1.165, 1.54) is 11.1 Å². The van der Waals surface area contributed by atoms with E-state index in [0.717, 1.165) is 42.4 Å². The Bertz CT molecular complexity index is 932. The molecule has 2 rings (SSSR count). The first-order valence-electron chi connectivity index (χ1n) is 12.1. The Kier molecular flexibility index (Phi) is 8.56. The van der Waals surface area contributed by atoms with Crippen molar-refractivity contribution in [2.45, 2.75) is 105 Å². The smallest absolute Gasteiger partial charge is 0.311 e. The van der Waals surface area contributed by atoms with Crippen LogP contribution in [-0.4, -0.2) is 11.1 Å². The van der Waals surface area contributed by atoms with Crippen molar-refractivity contribution in [1.82, 2.24) is 0 Å². The van der Waals surface area contributed by atoms with Crippen LogP contribution in [0.3, 0.4) is 0 Å². The quantitative estimate of drug-likeness (QED) is 0.324. The number of carbonyl (C=O) groups is 1. The summed E-state index contributed by atoms with van der Waals surface area (Å²) < 4.78 is 5.89. The number of benzene rings is 2. The Morgan fingerprint density at radius 3 is 2.25 bits per heavy atom. The van der Waals surface area contributed by atoms with Crippen LogP contribution in [0.25, 0.3) is 0 Å². The fourth-order valence-corrected chi connectivity index (χ4v) is 3.92. The van der Waals surface area contributed by atoms with Crippen LogP contribution in [0.4, 0.5) is 0 Å². The lowest BCUT2D eigenvalue weighted by Crippen LogP contribution is -2.18. The number of ether oxygens (including phenoxy) is 1. The van der Waals surface area contributed by atoms with Gasteiger partial charge in [0.25, 0.3) is 0 Å². The maximum Gasteiger partial charge on any atom is 0.311 e. The number of aryl methyl sites for hydroxylation is 3. The van der Waals surface area contributed by atoms with Crippen LogP contribution < -0.4 is 4.74 Å². The highest BCUT2D eigenvalue weighted by molar-refractivity contribution is 5.73. The normalized spacial score (nSPS) is 12.1. The summed E-state index contributed by atoms with van der Waals surface area (Å²) >= 11 is 0. The number of hydrogen-bond acceptors (Lipinski definition) is 3. The van der Waals surface area contributed by atoms with Crippen molar-refractivity contribution in [2.24, 2.45) is 0 Å². The minimum Gasteiger partial charge on any atom is -0.508 e. The lowest BCUT2D eigenvalue weighted by atomic mass is 9.81. The zero-order chi connectivity index (χ0) is 24.1. The second kappa shape index (κ2) is 10.6. The Labute approximate surface area is 195 Å². The van der Waals surface area contributed by atoms with E-state index in [0.29, 0.717) is 24.3 Å². The molecule has 0 unspecified atom stereocenters. The number of hydrogen-bond donors (Lipinski definition) is 1. The van der Waals surface area contributed by atoms with Crippen molar-refractivity contribution in [3.8, 4) is 11.5 Å². The molecule has 32 heavy (non-hydrogen) atoms. The fourth-order valence-electron chi connectivity index (χ4n) is 3.92. The van der Waals surface area contributed by atoms with E-state index in [-0.39, 0.29) is 16.8 Å². The van der Waals surface area contributed by atoms with Crippen LogP contribution in [0.1, 0.15) is 102 Å². The Balaban J connectivity index is 2.18. The average Bonchev–Trinajstić information content (AvgIpc) is 2.71. The second-order valence-electron chi connectivity index (χ2n) is 10.7. The topological polar surface area (TPSA) is 46.5 Å². The van der Waals surface area contributed by atoms with Gasteiger partial charge in [-0.2, -0.15) is 0 Å². The lowest BCUT2D eigenvalue weighted by Gasteiger charge is -2.25. The second-order valence-corrected chi connectivity index (χ2v) is 10.7. The van der Waals surface area contributed by atoms with Gasteiger partial charge in [-0.1, -0.05) is 73.1 Å². The molecule has 0 bridgehead atoms. The van der Waals surface area contributed by atoms with Crippen molar-refractivity contribution in [3.63, 3.8) is 0 Å². The third kappa shape index (κ3) is 6.60. The van der Waals surface area contributed by atoms with Crippen LogP contribution in [0, 0.1) is 6.92 Å².